The maximum Gasteiger partial charge on any atom is 0.229 e. The van der Waals surface area contributed by atoms with E-state index in [-0.39, 0.29) is 30.6 Å². The van der Waals surface area contributed by atoms with Crippen LogP contribution in [-0.2, 0) is 16.0 Å². The minimum Gasteiger partial charge on any atom is -0.471 e. The Morgan fingerprint density at radius 1 is 1.27 bits per heavy atom. The second-order valence-electron chi connectivity index (χ2n) is 6.54. The van der Waals surface area contributed by atoms with E-state index in [2.05, 4.69) is 9.97 Å². The predicted octanol–water partition coefficient (Wildman–Crippen LogP) is 2.00. The summed E-state index contributed by atoms with van der Waals surface area (Å²) in [4.78, 5) is 22.8. The molecule has 26 heavy (non-hydrogen) atoms. The molecule has 1 saturated heterocycles. The number of hydrogen-bond acceptors (Lipinski definition) is 5. The quantitative estimate of drug-likeness (QED) is 0.837. The van der Waals surface area contributed by atoms with Crippen LogP contribution >= 0.6 is 0 Å². The molecule has 2 aromatic heterocycles. The average molecular weight is 357 g/mol. The third-order valence-corrected chi connectivity index (χ3v) is 4.89. The number of ether oxygens (including phenoxy) is 2. The van der Waals surface area contributed by atoms with E-state index in [0.29, 0.717) is 24.7 Å². The maximum absolute atomic E-state index is 13.0. The van der Waals surface area contributed by atoms with Crippen LogP contribution in [0.15, 0.2) is 42.7 Å². The number of carbonyl (C=O) groups excluding carboxylic acids is 1. The number of aromatic nitrogens is 2. The molecule has 6 nitrogen and oxygen atoms in total. The maximum atomic E-state index is 13.0. The number of amides is 1. The van der Waals surface area contributed by atoms with Crippen molar-refractivity contribution < 1.29 is 18.7 Å². The molecule has 0 spiro atoms. The van der Waals surface area contributed by atoms with Gasteiger partial charge in [0.25, 0.3) is 0 Å². The van der Waals surface area contributed by atoms with Crippen LogP contribution < -0.4 is 4.74 Å². The first-order valence-corrected chi connectivity index (χ1v) is 8.80. The Morgan fingerprint density at radius 2 is 2.19 bits per heavy atom. The Labute approximate surface area is 151 Å². The number of carbonyl (C=O) groups is 1. The van der Waals surface area contributed by atoms with Crippen molar-refractivity contribution in [3.8, 4) is 5.88 Å². The van der Waals surface area contributed by atoms with E-state index in [1.54, 1.807) is 12.3 Å². The predicted molar refractivity (Wildman–Crippen MR) is 91.0 cm³/mol. The van der Waals surface area contributed by atoms with Crippen LogP contribution in [0.1, 0.15) is 18.5 Å². The van der Waals surface area contributed by atoms with Crippen molar-refractivity contribution in [1.29, 1.82) is 0 Å². The van der Waals surface area contributed by atoms with Gasteiger partial charge in [0.15, 0.2) is 0 Å². The summed E-state index contributed by atoms with van der Waals surface area (Å²) < 4.78 is 24.9. The first-order valence-electron chi connectivity index (χ1n) is 8.80. The van der Waals surface area contributed by atoms with E-state index in [0.717, 1.165) is 19.0 Å². The molecule has 1 aliphatic heterocycles. The van der Waals surface area contributed by atoms with Crippen LogP contribution in [0.4, 0.5) is 4.39 Å². The lowest BCUT2D eigenvalue weighted by Gasteiger charge is -2.39. The monoisotopic (exact) mass is 357 g/mol. The van der Waals surface area contributed by atoms with Crippen LogP contribution in [0, 0.1) is 5.82 Å². The zero-order chi connectivity index (χ0) is 17.9. The largest absolute Gasteiger partial charge is 0.471 e. The van der Waals surface area contributed by atoms with Gasteiger partial charge < -0.3 is 14.4 Å². The topological polar surface area (TPSA) is 64.6 Å². The molecule has 2 aliphatic rings. The molecule has 4 rings (SSSR count). The molecular weight excluding hydrogens is 337 g/mol. The van der Waals surface area contributed by atoms with Crippen molar-refractivity contribution >= 4 is 5.91 Å². The van der Waals surface area contributed by atoms with Gasteiger partial charge in [-0.05, 0) is 31.0 Å². The summed E-state index contributed by atoms with van der Waals surface area (Å²) in [5.41, 5.74) is 0.568. The van der Waals surface area contributed by atoms with Crippen LogP contribution in [0.2, 0.25) is 0 Å². The number of pyridine rings is 2. The van der Waals surface area contributed by atoms with Crippen molar-refractivity contribution in [3.05, 3.63) is 54.2 Å². The molecule has 0 bridgehead atoms. The van der Waals surface area contributed by atoms with E-state index in [1.165, 1.54) is 6.07 Å². The Hall–Kier alpha value is -2.54. The van der Waals surface area contributed by atoms with E-state index in [9.17, 15) is 9.18 Å². The van der Waals surface area contributed by atoms with Crippen molar-refractivity contribution in [2.75, 3.05) is 13.2 Å². The second-order valence-corrected chi connectivity index (χ2v) is 6.54. The van der Waals surface area contributed by atoms with Crippen molar-refractivity contribution in [2.45, 2.75) is 37.5 Å². The summed E-state index contributed by atoms with van der Waals surface area (Å²) in [5.74, 6) is 0.152. The van der Waals surface area contributed by atoms with Gasteiger partial charge >= 0.3 is 0 Å². The molecule has 3 atom stereocenters. The molecule has 1 amide bonds. The molecule has 1 saturated carbocycles. The van der Waals surface area contributed by atoms with Gasteiger partial charge in [-0.1, -0.05) is 6.07 Å². The summed E-state index contributed by atoms with van der Waals surface area (Å²) in [5, 5.41) is 0. The number of fused-ring (bicyclic) bond motifs is 1. The van der Waals surface area contributed by atoms with Crippen LogP contribution in [0.3, 0.4) is 0 Å². The lowest BCUT2D eigenvalue weighted by atomic mass is 10.1. The Balaban J connectivity index is 1.42. The molecule has 2 aromatic rings. The molecule has 2 fully saturated rings. The highest BCUT2D eigenvalue weighted by Crippen LogP contribution is 2.33. The highest BCUT2D eigenvalue weighted by atomic mass is 19.1. The molecule has 0 aromatic carbocycles. The smallest absolute Gasteiger partial charge is 0.229 e. The molecule has 1 aliphatic carbocycles. The average Bonchev–Trinajstić information content (AvgIpc) is 3.07. The van der Waals surface area contributed by atoms with Gasteiger partial charge in [0.1, 0.15) is 18.0 Å². The van der Waals surface area contributed by atoms with Crippen molar-refractivity contribution in [1.82, 2.24) is 14.9 Å². The van der Waals surface area contributed by atoms with Gasteiger partial charge in [-0.25, -0.2) is 9.37 Å². The van der Waals surface area contributed by atoms with Crippen LogP contribution in [0.5, 0.6) is 5.88 Å². The molecule has 0 unspecified atom stereocenters. The number of halogens is 1. The second kappa shape index (κ2) is 7.37. The molecule has 0 N–H and O–H groups in total. The summed E-state index contributed by atoms with van der Waals surface area (Å²) >= 11 is 0. The Bertz CT molecular complexity index is 756. The van der Waals surface area contributed by atoms with E-state index in [1.807, 2.05) is 23.1 Å². The van der Waals surface area contributed by atoms with Crippen LogP contribution in [-0.4, -0.2) is 52.2 Å². The van der Waals surface area contributed by atoms with Gasteiger partial charge in [-0.15, -0.1) is 0 Å². The third-order valence-electron chi connectivity index (χ3n) is 4.89. The van der Waals surface area contributed by atoms with Crippen molar-refractivity contribution in [3.63, 3.8) is 0 Å². The molecule has 3 heterocycles. The van der Waals surface area contributed by atoms with E-state index in [4.69, 9.17) is 9.47 Å². The molecule has 136 valence electrons. The zero-order valence-corrected chi connectivity index (χ0v) is 14.3. The summed E-state index contributed by atoms with van der Waals surface area (Å²) in [6.07, 6.45) is 4.35. The Morgan fingerprint density at radius 3 is 2.96 bits per heavy atom. The summed E-state index contributed by atoms with van der Waals surface area (Å²) in [6.45, 7) is 1.03. The summed E-state index contributed by atoms with van der Waals surface area (Å²) in [7, 11) is 0. The van der Waals surface area contributed by atoms with Crippen molar-refractivity contribution in [2.24, 2.45) is 0 Å². The SMILES string of the molecule is O=C(Cc1ccc(F)cn1)N1CCO[C@H]2[C@@H](Oc3ccccn3)CC[C@@H]21. The van der Waals surface area contributed by atoms with Gasteiger partial charge in [-0.3, -0.25) is 9.78 Å². The third kappa shape index (κ3) is 3.53. The van der Waals surface area contributed by atoms with Gasteiger partial charge in [0.2, 0.25) is 11.8 Å². The molecular formula is C19H20FN3O3. The normalized spacial score (nSPS) is 25.0. The number of morpholine rings is 1. The summed E-state index contributed by atoms with van der Waals surface area (Å²) in [6, 6.07) is 8.40. The van der Waals surface area contributed by atoms with E-state index < -0.39 is 5.82 Å². The fourth-order valence-corrected chi connectivity index (χ4v) is 3.69. The lowest BCUT2D eigenvalue weighted by Crippen LogP contribution is -2.54. The molecule has 7 heteroatoms. The number of hydrogen-bond donors (Lipinski definition) is 0. The minimum atomic E-state index is -0.405. The fraction of sp³-hybridized carbons (Fsp3) is 0.421. The molecule has 0 radical (unpaired) electrons. The number of rotatable bonds is 4. The standard InChI is InChI=1S/C19H20FN3O3/c20-13-4-5-14(22-12-13)11-18(24)23-9-10-25-19-15(23)6-7-16(19)26-17-3-1-2-8-21-17/h1-5,8,12,15-16,19H,6-7,9-11H2/t15-,16-,19+/m0/s1. The highest BCUT2D eigenvalue weighted by molar-refractivity contribution is 5.79. The van der Waals surface area contributed by atoms with Gasteiger partial charge in [-0.2, -0.15) is 0 Å². The zero-order valence-electron chi connectivity index (χ0n) is 14.3. The highest BCUT2D eigenvalue weighted by Gasteiger charge is 2.45. The van der Waals surface area contributed by atoms with Crippen LogP contribution in [0.25, 0.3) is 0 Å². The first-order chi connectivity index (χ1) is 12.7. The minimum absolute atomic E-state index is 0.00888. The lowest BCUT2D eigenvalue weighted by molar-refractivity contribution is -0.147. The fourth-order valence-electron chi connectivity index (χ4n) is 3.69. The number of nitrogens with zero attached hydrogens (tertiary/aromatic N) is 3. The first kappa shape index (κ1) is 16.9. The van der Waals surface area contributed by atoms with Gasteiger partial charge in [0, 0.05) is 24.5 Å². The Kier molecular flexibility index (Phi) is 4.79. The van der Waals surface area contributed by atoms with Gasteiger partial charge in [0.05, 0.1) is 25.3 Å². The van der Waals surface area contributed by atoms with E-state index >= 15 is 0 Å².